The average Bonchev–Trinajstić information content (AvgIpc) is 3.15. The minimum Gasteiger partial charge on any atom is -0.372 e. The van der Waals surface area contributed by atoms with Gasteiger partial charge < -0.3 is 10.2 Å². The van der Waals surface area contributed by atoms with Crippen molar-refractivity contribution < 1.29 is 13.2 Å². The summed E-state index contributed by atoms with van der Waals surface area (Å²) in [6.45, 7) is 7.53. The zero-order valence-corrected chi connectivity index (χ0v) is 18.3. The van der Waals surface area contributed by atoms with E-state index in [1.807, 2.05) is 44.2 Å². The third-order valence-corrected chi connectivity index (χ3v) is 6.40. The molecule has 1 atom stereocenters. The number of carbonyl (C=O) groups excluding carboxylic acids is 1. The summed E-state index contributed by atoms with van der Waals surface area (Å²) in [6, 6.07) is 12.3. The van der Waals surface area contributed by atoms with Crippen molar-refractivity contribution in [1.29, 1.82) is 0 Å². The highest BCUT2D eigenvalue weighted by Gasteiger charge is 2.29. The lowest BCUT2D eigenvalue weighted by molar-refractivity contribution is -0.116. The van der Waals surface area contributed by atoms with Gasteiger partial charge in [0, 0.05) is 24.5 Å². The highest BCUT2D eigenvalue weighted by Crippen LogP contribution is 2.25. The van der Waals surface area contributed by atoms with Gasteiger partial charge >= 0.3 is 0 Å². The third-order valence-electron chi connectivity index (χ3n) is 5.16. The molecule has 1 N–H and O–H groups in total. The van der Waals surface area contributed by atoms with E-state index in [9.17, 15) is 13.2 Å². The molecule has 2 aromatic rings. The van der Waals surface area contributed by atoms with Gasteiger partial charge in [-0.3, -0.25) is 9.10 Å². The Hall–Kier alpha value is -2.54. The second kappa shape index (κ2) is 8.45. The number of aryl methyl sites for hydroxylation is 2. The summed E-state index contributed by atoms with van der Waals surface area (Å²) in [5, 5.41) is 2.85. The van der Waals surface area contributed by atoms with Crippen LogP contribution in [0.3, 0.4) is 0 Å². The first-order chi connectivity index (χ1) is 13.6. The molecule has 1 saturated heterocycles. The molecule has 156 valence electrons. The predicted molar refractivity (Wildman–Crippen MR) is 119 cm³/mol. The number of sulfonamides is 1. The standard InChI is InChI=1S/C22H29N3O3S/c1-16-13-17(2)15-21(14-16)25(29(4,27)28)18(3)22(26)23-19-7-9-20(10-8-19)24-11-5-6-12-24/h7-10,13-15,18H,5-6,11-12H2,1-4H3,(H,23,26)/t18-/m1/s1. The molecule has 0 spiro atoms. The quantitative estimate of drug-likeness (QED) is 0.781. The number of benzene rings is 2. The van der Waals surface area contributed by atoms with Crippen molar-refractivity contribution in [3.8, 4) is 0 Å². The molecule has 3 rings (SSSR count). The van der Waals surface area contributed by atoms with Crippen molar-refractivity contribution in [3.05, 3.63) is 53.6 Å². The molecule has 0 saturated carbocycles. The smallest absolute Gasteiger partial charge is 0.247 e. The molecular weight excluding hydrogens is 386 g/mol. The Balaban J connectivity index is 1.79. The first kappa shape index (κ1) is 21.2. The van der Waals surface area contributed by atoms with Crippen molar-refractivity contribution in [3.63, 3.8) is 0 Å². The van der Waals surface area contributed by atoms with Crippen LogP contribution in [0.1, 0.15) is 30.9 Å². The van der Waals surface area contributed by atoms with Crippen LogP contribution in [0.5, 0.6) is 0 Å². The van der Waals surface area contributed by atoms with Gasteiger partial charge in [0.2, 0.25) is 15.9 Å². The molecule has 29 heavy (non-hydrogen) atoms. The molecule has 0 aliphatic carbocycles. The van der Waals surface area contributed by atoms with Gasteiger partial charge in [0.1, 0.15) is 6.04 Å². The Morgan fingerprint density at radius 3 is 2.10 bits per heavy atom. The van der Waals surface area contributed by atoms with Crippen LogP contribution in [0.25, 0.3) is 0 Å². The molecule has 0 aromatic heterocycles. The molecule has 7 heteroatoms. The van der Waals surface area contributed by atoms with Gasteiger partial charge in [0.05, 0.1) is 11.9 Å². The maximum Gasteiger partial charge on any atom is 0.247 e. The Labute approximate surface area is 173 Å². The van der Waals surface area contributed by atoms with E-state index in [1.54, 1.807) is 19.1 Å². The number of carbonyl (C=O) groups is 1. The maximum atomic E-state index is 12.9. The molecule has 2 aromatic carbocycles. The van der Waals surface area contributed by atoms with Crippen LogP contribution in [0.15, 0.2) is 42.5 Å². The van der Waals surface area contributed by atoms with Crippen LogP contribution in [0, 0.1) is 13.8 Å². The zero-order valence-electron chi connectivity index (χ0n) is 17.5. The monoisotopic (exact) mass is 415 g/mol. The molecule has 0 bridgehead atoms. The van der Waals surface area contributed by atoms with E-state index in [-0.39, 0.29) is 5.91 Å². The first-order valence-electron chi connectivity index (χ1n) is 9.89. The molecule has 1 aliphatic heterocycles. The summed E-state index contributed by atoms with van der Waals surface area (Å²) in [4.78, 5) is 15.2. The fraction of sp³-hybridized carbons (Fsp3) is 0.409. The second-order valence-electron chi connectivity index (χ2n) is 7.81. The van der Waals surface area contributed by atoms with Crippen LogP contribution in [-0.2, 0) is 14.8 Å². The van der Waals surface area contributed by atoms with Gasteiger partial charge in [0.15, 0.2) is 0 Å². The summed E-state index contributed by atoms with van der Waals surface area (Å²) < 4.78 is 26.2. The van der Waals surface area contributed by atoms with E-state index >= 15 is 0 Å². The normalized spacial score (nSPS) is 15.2. The topological polar surface area (TPSA) is 69.7 Å². The Kier molecular flexibility index (Phi) is 6.17. The number of amides is 1. The van der Waals surface area contributed by atoms with Crippen LogP contribution < -0.4 is 14.5 Å². The van der Waals surface area contributed by atoms with Crippen molar-refractivity contribution >= 4 is 33.0 Å². The maximum absolute atomic E-state index is 12.9. The Bertz CT molecular complexity index is 961. The predicted octanol–water partition coefficient (Wildman–Crippen LogP) is 3.70. The number of rotatable bonds is 6. The molecule has 0 radical (unpaired) electrons. The van der Waals surface area contributed by atoms with Crippen LogP contribution in [0.4, 0.5) is 17.1 Å². The number of anilines is 3. The summed E-state index contributed by atoms with van der Waals surface area (Å²) in [6.07, 6.45) is 3.53. The van der Waals surface area contributed by atoms with Gasteiger partial charge in [-0.1, -0.05) is 6.07 Å². The molecule has 1 aliphatic rings. The minimum absolute atomic E-state index is 0.372. The molecule has 1 heterocycles. The lowest BCUT2D eigenvalue weighted by Crippen LogP contribution is -2.45. The summed E-state index contributed by atoms with van der Waals surface area (Å²) in [7, 11) is -3.64. The molecular formula is C22H29N3O3S. The van der Waals surface area contributed by atoms with E-state index in [0.717, 1.165) is 36.2 Å². The van der Waals surface area contributed by atoms with E-state index in [4.69, 9.17) is 0 Å². The van der Waals surface area contributed by atoms with Crippen molar-refractivity contribution in [2.45, 2.75) is 39.7 Å². The Morgan fingerprint density at radius 1 is 1.03 bits per heavy atom. The summed E-state index contributed by atoms with van der Waals surface area (Å²) >= 11 is 0. The van der Waals surface area contributed by atoms with E-state index < -0.39 is 16.1 Å². The molecule has 0 unspecified atom stereocenters. The number of nitrogens with zero attached hydrogens (tertiary/aromatic N) is 2. The van der Waals surface area contributed by atoms with Gasteiger partial charge in [-0.05, 0) is 81.1 Å². The van der Waals surface area contributed by atoms with Crippen LogP contribution >= 0.6 is 0 Å². The van der Waals surface area contributed by atoms with Gasteiger partial charge in [-0.25, -0.2) is 8.42 Å². The number of hydrogen-bond donors (Lipinski definition) is 1. The van der Waals surface area contributed by atoms with Crippen LogP contribution in [-0.4, -0.2) is 39.7 Å². The molecule has 6 nitrogen and oxygen atoms in total. The van der Waals surface area contributed by atoms with Crippen molar-refractivity contribution in [1.82, 2.24) is 0 Å². The molecule has 1 amide bonds. The first-order valence-corrected chi connectivity index (χ1v) is 11.7. The number of hydrogen-bond acceptors (Lipinski definition) is 4. The Morgan fingerprint density at radius 2 is 1.59 bits per heavy atom. The number of nitrogens with one attached hydrogen (secondary N) is 1. The van der Waals surface area contributed by atoms with Crippen molar-refractivity contribution in [2.75, 3.05) is 33.9 Å². The summed E-state index contributed by atoms with van der Waals surface area (Å²) in [5.74, 6) is -0.372. The largest absolute Gasteiger partial charge is 0.372 e. The van der Waals surface area contributed by atoms with Gasteiger partial charge in [0.25, 0.3) is 0 Å². The lowest BCUT2D eigenvalue weighted by atomic mass is 10.1. The van der Waals surface area contributed by atoms with Crippen molar-refractivity contribution in [2.24, 2.45) is 0 Å². The molecule has 1 fully saturated rings. The zero-order chi connectivity index (χ0) is 21.2. The lowest BCUT2D eigenvalue weighted by Gasteiger charge is -2.29. The fourth-order valence-electron chi connectivity index (χ4n) is 3.86. The minimum atomic E-state index is -3.64. The fourth-order valence-corrected chi connectivity index (χ4v) is 5.02. The van der Waals surface area contributed by atoms with E-state index in [2.05, 4.69) is 10.2 Å². The SMILES string of the molecule is Cc1cc(C)cc(N([C@H](C)C(=O)Nc2ccc(N3CCCC3)cc2)S(C)(=O)=O)c1. The van der Waals surface area contributed by atoms with Gasteiger partial charge in [-0.2, -0.15) is 0 Å². The van der Waals surface area contributed by atoms with Crippen LogP contribution in [0.2, 0.25) is 0 Å². The third kappa shape index (κ3) is 5.09. The van der Waals surface area contributed by atoms with E-state index in [0.29, 0.717) is 11.4 Å². The summed E-state index contributed by atoms with van der Waals surface area (Å²) in [5.41, 5.74) is 4.18. The van der Waals surface area contributed by atoms with E-state index in [1.165, 1.54) is 17.1 Å². The highest BCUT2D eigenvalue weighted by molar-refractivity contribution is 7.92. The average molecular weight is 416 g/mol. The van der Waals surface area contributed by atoms with Gasteiger partial charge in [-0.15, -0.1) is 0 Å². The second-order valence-corrected chi connectivity index (χ2v) is 9.67. The highest BCUT2D eigenvalue weighted by atomic mass is 32.2.